The molecule has 5 heteroatoms. The van der Waals surface area contributed by atoms with Crippen LogP contribution >= 0.6 is 34.2 Å². The van der Waals surface area contributed by atoms with Crippen LogP contribution < -0.4 is 5.73 Å². The molecule has 0 radical (unpaired) electrons. The molecule has 0 amide bonds. The van der Waals surface area contributed by atoms with Gasteiger partial charge in [-0.15, -0.1) is 0 Å². The van der Waals surface area contributed by atoms with Gasteiger partial charge in [-0.1, -0.05) is 6.07 Å². The van der Waals surface area contributed by atoms with Crippen LogP contribution in [0, 0.1) is 3.57 Å². The summed E-state index contributed by atoms with van der Waals surface area (Å²) < 4.78 is 1.03. The fourth-order valence-corrected chi connectivity index (χ4v) is 2.08. The lowest BCUT2D eigenvalue weighted by Crippen LogP contribution is -1.96. The molecular weight excluding hydrogens is 300 g/mol. The van der Waals surface area contributed by atoms with Crippen molar-refractivity contribution >= 4 is 50.9 Å². The Labute approximate surface area is 93.5 Å². The van der Waals surface area contributed by atoms with Crippen molar-refractivity contribution < 1.29 is 0 Å². The molecular formula is C8H5ClIN3. The highest BCUT2D eigenvalue weighted by Crippen LogP contribution is 2.24. The minimum atomic E-state index is 0.187. The van der Waals surface area contributed by atoms with E-state index in [4.69, 9.17) is 17.3 Å². The minimum Gasteiger partial charge on any atom is -0.383 e. The van der Waals surface area contributed by atoms with Gasteiger partial charge in [0.05, 0.1) is 10.9 Å². The van der Waals surface area contributed by atoms with E-state index >= 15 is 0 Å². The molecule has 0 aliphatic heterocycles. The first-order chi connectivity index (χ1) is 6.18. The van der Waals surface area contributed by atoms with Gasteiger partial charge in [-0.25, -0.2) is 9.97 Å². The molecule has 2 aromatic rings. The number of benzene rings is 1. The maximum Gasteiger partial charge on any atom is 0.224 e. The van der Waals surface area contributed by atoms with E-state index in [-0.39, 0.29) is 5.28 Å². The van der Waals surface area contributed by atoms with E-state index < -0.39 is 0 Å². The van der Waals surface area contributed by atoms with Crippen LogP contribution in [0.2, 0.25) is 5.28 Å². The third kappa shape index (κ3) is 1.55. The fraction of sp³-hybridized carbons (Fsp3) is 0. The number of nitrogens with two attached hydrogens (primary N) is 1. The molecule has 2 N–H and O–H groups in total. The number of rotatable bonds is 0. The summed E-state index contributed by atoms with van der Waals surface area (Å²) in [4.78, 5) is 7.96. The van der Waals surface area contributed by atoms with Crippen LogP contribution in [0.4, 0.5) is 5.82 Å². The maximum absolute atomic E-state index is 5.72. The Kier molecular flexibility index (Phi) is 2.25. The van der Waals surface area contributed by atoms with Gasteiger partial charge in [0.25, 0.3) is 0 Å². The number of nitrogen functional groups attached to an aromatic ring is 1. The number of hydrogen-bond donors (Lipinski definition) is 1. The molecule has 0 atom stereocenters. The molecule has 3 nitrogen and oxygen atoms in total. The second kappa shape index (κ2) is 3.26. The van der Waals surface area contributed by atoms with Crippen LogP contribution in [0.25, 0.3) is 10.9 Å². The molecule has 66 valence electrons. The van der Waals surface area contributed by atoms with Crippen LogP contribution in [-0.2, 0) is 0 Å². The average molecular weight is 306 g/mol. The van der Waals surface area contributed by atoms with Crippen LogP contribution in [-0.4, -0.2) is 9.97 Å². The van der Waals surface area contributed by atoms with Crippen molar-refractivity contribution in [1.29, 1.82) is 0 Å². The Balaban J connectivity index is 2.94. The third-order valence-electron chi connectivity index (χ3n) is 1.67. The molecule has 0 saturated carbocycles. The summed E-state index contributed by atoms with van der Waals surface area (Å²) in [5.41, 5.74) is 6.50. The first kappa shape index (κ1) is 8.96. The summed E-state index contributed by atoms with van der Waals surface area (Å²) in [6, 6.07) is 5.73. The smallest absolute Gasteiger partial charge is 0.224 e. The van der Waals surface area contributed by atoms with Gasteiger partial charge in [-0.2, -0.15) is 0 Å². The van der Waals surface area contributed by atoms with Gasteiger partial charge < -0.3 is 5.73 Å². The zero-order valence-electron chi connectivity index (χ0n) is 6.46. The monoisotopic (exact) mass is 305 g/mol. The third-order valence-corrected chi connectivity index (χ3v) is 2.74. The summed E-state index contributed by atoms with van der Waals surface area (Å²) in [5.74, 6) is 0.431. The molecule has 1 aromatic carbocycles. The highest BCUT2D eigenvalue weighted by Gasteiger charge is 2.05. The molecule has 1 aromatic heterocycles. The van der Waals surface area contributed by atoms with E-state index in [1.807, 2.05) is 18.2 Å². The first-order valence-corrected chi connectivity index (χ1v) is 5.01. The van der Waals surface area contributed by atoms with Gasteiger partial charge in [-0.05, 0) is 46.3 Å². The van der Waals surface area contributed by atoms with Gasteiger partial charge in [0.2, 0.25) is 5.28 Å². The topological polar surface area (TPSA) is 51.8 Å². The number of nitrogens with zero attached hydrogens (tertiary/aromatic N) is 2. The normalized spacial score (nSPS) is 10.6. The number of anilines is 1. The number of fused-ring (bicyclic) bond motifs is 1. The zero-order valence-corrected chi connectivity index (χ0v) is 9.37. The minimum absolute atomic E-state index is 0.187. The van der Waals surface area contributed by atoms with E-state index in [1.165, 1.54) is 0 Å². The standard InChI is InChI=1S/C8H5ClIN3/c9-8-12-5-3-1-2-4(10)6(5)7(11)13-8/h1-3H,(H2,11,12,13). The number of aromatic nitrogens is 2. The van der Waals surface area contributed by atoms with Gasteiger partial charge in [0.1, 0.15) is 5.82 Å². The van der Waals surface area contributed by atoms with Gasteiger partial charge in [0, 0.05) is 3.57 Å². The largest absolute Gasteiger partial charge is 0.383 e. The van der Waals surface area contributed by atoms with Crippen molar-refractivity contribution in [2.45, 2.75) is 0 Å². The average Bonchev–Trinajstić information content (AvgIpc) is 2.02. The summed E-state index contributed by atoms with van der Waals surface area (Å²) in [6.07, 6.45) is 0. The molecule has 0 aliphatic rings. The molecule has 2 rings (SSSR count). The lowest BCUT2D eigenvalue weighted by molar-refractivity contribution is 1.23. The second-order valence-electron chi connectivity index (χ2n) is 2.51. The van der Waals surface area contributed by atoms with E-state index in [2.05, 4.69) is 32.6 Å². The Morgan fingerprint density at radius 3 is 2.85 bits per heavy atom. The lowest BCUT2D eigenvalue weighted by atomic mass is 10.2. The van der Waals surface area contributed by atoms with Crippen molar-refractivity contribution in [3.8, 4) is 0 Å². The van der Waals surface area contributed by atoms with Crippen LogP contribution in [0.5, 0.6) is 0 Å². The van der Waals surface area contributed by atoms with Crippen LogP contribution in [0.3, 0.4) is 0 Å². The lowest BCUT2D eigenvalue weighted by Gasteiger charge is -2.02. The summed E-state index contributed by atoms with van der Waals surface area (Å²) in [5, 5.41) is 1.06. The summed E-state index contributed by atoms with van der Waals surface area (Å²) in [6.45, 7) is 0. The van der Waals surface area contributed by atoms with Crippen LogP contribution in [0.15, 0.2) is 18.2 Å². The molecule has 0 aliphatic carbocycles. The summed E-state index contributed by atoms with van der Waals surface area (Å²) in [7, 11) is 0. The Morgan fingerprint density at radius 1 is 1.31 bits per heavy atom. The molecule has 0 spiro atoms. The van der Waals surface area contributed by atoms with Crippen molar-refractivity contribution in [3.63, 3.8) is 0 Å². The summed E-state index contributed by atoms with van der Waals surface area (Å²) >= 11 is 7.86. The maximum atomic E-state index is 5.72. The number of halogens is 2. The highest BCUT2D eigenvalue weighted by molar-refractivity contribution is 14.1. The number of hydrogen-bond acceptors (Lipinski definition) is 3. The molecule has 0 unspecified atom stereocenters. The fourth-order valence-electron chi connectivity index (χ4n) is 1.14. The zero-order chi connectivity index (χ0) is 9.42. The first-order valence-electron chi connectivity index (χ1n) is 3.56. The van der Waals surface area contributed by atoms with E-state index in [9.17, 15) is 0 Å². The SMILES string of the molecule is Nc1nc(Cl)nc2cccc(I)c12. The van der Waals surface area contributed by atoms with Crippen molar-refractivity contribution in [3.05, 3.63) is 27.1 Å². The highest BCUT2D eigenvalue weighted by atomic mass is 127. The van der Waals surface area contributed by atoms with E-state index in [0.29, 0.717) is 5.82 Å². The Morgan fingerprint density at radius 2 is 2.08 bits per heavy atom. The van der Waals surface area contributed by atoms with Crippen molar-refractivity contribution in [2.24, 2.45) is 0 Å². The van der Waals surface area contributed by atoms with Gasteiger partial charge in [-0.3, -0.25) is 0 Å². The van der Waals surface area contributed by atoms with Gasteiger partial charge >= 0.3 is 0 Å². The van der Waals surface area contributed by atoms with E-state index in [0.717, 1.165) is 14.5 Å². The predicted molar refractivity (Wildman–Crippen MR) is 61.7 cm³/mol. The molecule has 0 fully saturated rings. The van der Waals surface area contributed by atoms with Crippen molar-refractivity contribution in [1.82, 2.24) is 9.97 Å². The van der Waals surface area contributed by atoms with Crippen molar-refractivity contribution in [2.75, 3.05) is 5.73 Å². The Bertz CT molecular complexity index is 472. The van der Waals surface area contributed by atoms with Crippen LogP contribution in [0.1, 0.15) is 0 Å². The molecule has 0 bridgehead atoms. The second-order valence-corrected chi connectivity index (χ2v) is 4.01. The predicted octanol–water partition coefficient (Wildman–Crippen LogP) is 2.47. The Hall–Kier alpha value is -0.620. The van der Waals surface area contributed by atoms with Gasteiger partial charge in [0.15, 0.2) is 0 Å². The molecule has 13 heavy (non-hydrogen) atoms. The quantitative estimate of drug-likeness (QED) is 0.601. The molecule has 0 saturated heterocycles. The molecule has 1 heterocycles. The van der Waals surface area contributed by atoms with E-state index in [1.54, 1.807) is 0 Å².